The number of fused-ring (bicyclic) bond motifs is 3. The number of H-pyrrole nitrogens is 1. The van der Waals surface area contributed by atoms with E-state index in [-0.39, 0.29) is 0 Å². The number of aromatic amines is 1. The van der Waals surface area contributed by atoms with Crippen molar-refractivity contribution in [1.82, 2.24) is 19.4 Å². The Morgan fingerprint density at radius 1 is 1.07 bits per heavy atom. The van der Waals surface area contributed by atoms with Crippen molar-refractivity contribution in [3.8, 4) is 11.1 Å². The molecule has 1 N–H and O–H groups in total. The largest absolute Gasteiger partial charge is 0.381 e. The summed E-state index contributed by atoms with van der Waals surface area (Å²) in [5, 5.41) is 1.08. The van der Waals surface area contributed by atoms with Gasteiger partial charge >= 0.3 is 0 Å². The van der Waals surface area contributed by atoms with E-state index in [1.807, 2.05) is 24.7 Å². The molecule has 6 rings (SSSR count). The number of rotatable bonds is 2. The molecular formula is C22H23N5O. The second-order valence-electron chi connectivity index (χ2n) is 8.11. The molecule has 0 unspecified atom stereocenters. The van der Waals surface area contributed by atoms with Crippen molar-refractivity contribution in [3.63, 3.8) is 0 Å². The third kappa shape index (κ3) is 2.37. The highest BCUT2D eigenvalue weighted by atomic mass is 16.5. The Balaban J connectivity index is 1.44. The summed E-state index contributed by atoms with van der Waals surface area (Å²) in [7, 11) is 0. The predicted molar refractivity (Wildman–Crippen MR) is 110 cm³/mol. The average Bonchev–Trinajstić information content (AvgIpc) is 3.48. The number of anilines is 1. The standard InChI is InChI=1S/C22H23N5O/c1-2-4-16(5-3-1)17-14-24-19-18(17)20-23-9-12-27(20)21(25-19)26-10-6-22(7-11-26)8-13-28-15-22/h1-5,9,12,14,24H,6-8,10-11,13,15H2. The van der Waals surface area contributed by atoms with Gasteiger partial charge in [0.1, 0.15) is 5.65 Å². The Morgan fingerprint density at radius 3 is 2.71 bits per heavy atom. The number of hydrogen-bond acceptors (Lipinski definition) is 4. The average molecular weight is 373 g/mol. The highest BCUT2D eigenvalue weighted by Gasteiger charge is 2.38. The topological polar surface area (TPSA) is 58.5 Å². The molecule has 0 aliphatic carbocycles. The molecule has 6 nitrogen and oxygen atoms in total. The van der Waals surface area contributed by atoms with Crippen LogP contribution in [0.3, 0.4) is 0 Å². The second-order valence-corrected chi connectivity index (χ2v) is 8.11. The van der Waals surface area contributed by atoms with Crippen LogP contribution < -0.4 is 4.90 Å². The Labute approximate surface area is 163 Å². The number of ether oxygens (including phenoxy) is 1. The van der Waals surface area contributed by atoms with Gasteiger partial charge in [-0.15, -0.1) is 0 Å². The summed E-state index contributed by atoms with van der Waals surface area (Å²) < 4.78 is 7.83. The van der Waals surface area contributed by atoms with E-state index in [0.29, 0.717) is 5.41 Å². The van der Waals surface area contributed by atoms with Gasteiger partial charge in [-0.2, -0.15) is 4.98 Å². The van der Waals surface area contributed by atoms with Gasteiger partial charge in [0.2, 0.25) is 5.95 Å². The Hall–Kier alpha value is -2.86. The first-order valence-electron chi connectivity index (χ1n) is 10.1. The molecule has 6 heteroatoms. The van der Waals surface area contributed by atoms with Gasteiger partial charge in [-0.1, -0.05) is 30.3 Å². The van der Waals surface area contributed by atoms with Gasteiger partial charge in [-0.25, -0.2) is 4.98 Å². The molecule has 142 valence electrons. The van der Waals surface area contributed by atoms with Crippen LogP contribution in [0.15, 0.2) is 48.9 Å². The molecule has 1 spiro atoms. The summed E-state index contributed by atoms with van der Waals surface area (Å²) in [6, 6.07) is 10.4. The maximum atomic E-state index is 5.68. The van der Waals surface area contributed by atoms with Crippen LogP contribution in [-0.2, 0) is 4.74 Å². The maximum absolute atomic E-state index is 5.68. The predicted octanol–water partition coefficient (Wildman–Crippen LogP) is 3.88. The molecule has 28 heavy (non-hydrogen) atoms. The zero-order valence-corrected chi connectivity index (χ0v) is 15.8. The van der Waals surface area contributed by atoms with Crippen molar-refractivity contribution in [1.29, 1.82) is 0 Å². The lowest BCUT2D eigenvalue weighted by molar-refractivity contribution is 0.133. The Bertz CT molecular complexity index is 1130. The lowest BCUT2D eigenvalue weighted by atomic mass is 9.78. The number of hydrogen-bond donors (Lipinski definition) is 1. The quantitative estimate of drug-likeness (QED) is 0.579. The van der Waals surface area contributed by atoms with Crippen molar-refractivity contribution in [2.45, 2.75) is 19.3 Å². The van der Waals surface area contributed by atoms with Gasteiger partial charge in [-0.3, -0.25) is 4.40 Å². The molecule has 0 atom stereocenters. The first kappa shape index (κ1) is 16.1. The third-order valence-electron chi connectivity index (χ3n) is 6.53. The molecule has 1 aromatic carbocycles. The molecular weight excluding hydrogens is 350 g/mol. The maximum Gasteiger partial charge on any atom is 0.213 e. The first-order chi connectivity index (χ1) is 13.8. The SMILES string of the molecule is c1ccc(-c2c[nH]c3nc(N4CCC5(CCOC5)CC4)n4ccnc4c23)cc1. The van der Waals surface area contributed by atoms with Crippen LogP contribution in [0.2, 0.25) is 0 Å². The minimum atomic E-state index is 0.390. The number of benzene rings is 1. The van der Waals surface area contributed by atoms with E-state index >= 15 is 0 Å². The molecule has 2 aliphatic rings. The fraction of sp³-hybridized carbons (Fsp3) is 0.364. The van der Waals surface area contributed by atoms with Gasteiger partial charge < -0.3 is 14.6 Å². The van der Waals surface area contributed by atoms with Crippen LogP contribution in [0.4, 0.5) is 5.95 Å². The van der Waals surface area contributed by atoms with Gasteiger partial charge in [0.05, 0.1) is 12.0 Å². The van der Waals surface area contributed by atoms with Crippen LogP contribution in [0, 0.1) is 5.41 Å². The fourth-order valence-electron chi connectivity index (χ4n) is 4.82. The minimum absolute atomic E-state index is 0.390. The van der Waals surface area contributed by atoms with Crippen LogP contribution in [0.25, 0.3) is 27.8 Å². The molecule has 0 radical (unpaired) electrons. The minimum Gasteiger partial charge on any atom is -0.381 e. The van der Waals surface area contributed by atoms with E-state index in [2.05, 4.69) is 43.5 Å². The molecule has 0 bridgehead atoms. The van der Waals surface area contributed by atoms with Crippen molar-refractivity contribution in [2.75, 3.05) is 31.2 Å². The van der Waals surface area contributed by atoms with Crippen molar-refractivity contribution in [2.24, 2.45) is 5.41 Å². The van der Waals surface area contributed by atoms with E-state index in [9.17, 15) is 0 Å². The fourth-order valence-corrected chi connectivity index (χ4v) is 4.82. The van der Waals surface area contributed by atoms with E-state index in [1.54, 1.807) is 0 Å². The van der Waals surface area contributed by atoms with E-state index < -0.39 is 0 Å². The molecule has 2 fully saturated rings. The highest BCUT2D eigenvalue weighted by Crippen LogP contribution is 2.40. The zero-order chi connectivity index (χ0) is 18.6. The monoisotopic (exact) mass is 373 g/mol. The lowest BCUT2D eigenvalue weighted by Crippen LogP contribution is -2.41. The van der Waals surface area contributed by atoms with E-state index in [0.717, 1.165) is 54.5 Å². The smallest absolute Gasteiger partial charge is 0.213 e. The molecule has 0 saturated carbocycles. The lowest BCUT2D eigenvalue weighted by Gasteiger charge is -2.38. The zero-order valence-electron chi connectivity index (χ0n) is 15.8. The molecule has 3 aromatic heterocycles. The summed E-state index contributed by atoms with van der Waals surface area (Å²) in [5.41, 5.74) is 4.57. The van der Waals surface area contributed by atoms with Crippen LogP contribution >= 0.6 is 0 Å². The van der Waals surface area contributed by atoms with Gasteiger partial charge in [0.25, 0.3) is 0 Å². The number of piperidine rings is 1. The Kier molecular flexibility index (Phi) is 3.50. The van der Waals surface area contributed by atoms with Crippen LogP contribution in [0.5, 0.6) is 0 Å². The van der Waals surface area contributed by atoms with Gasteiger partial charge in [0, 0.05) is 43.9 Å². The molecule has 2 saturated heterocycles. The van der Waals surface area contributed by atoms with Crippen LogP contribution in [0.1, 0.15) is 19.3 Å². The summed E-state index contributed by atoms with van der Waals surface area (Å²) in [6.07, 6.45) is 9.49. The summed E-state index contributed by atoms with van der Waals surface area (Å²) in [4.78, 5) is 15.5. The Morgan fingerprint density at radius 2 is 1.93 bits per heavy atom. The third-order valence-corrected chi connectivity index (χ3v) is 6.53. The van der Waals surface area contributed by atoms with Gasteiger partial charge in [-0.05, 0) is 30.2 Å². The second kappa shape index (κ2) is 6.07. The summed E-state index contributed by atoms with van der Waals surface area (Å²) in [5.74, 6) is 0.982. The molecule has 4 aromatic rings. The number of nitrogens with one attached hydrogen (secondary N) is 1. The summed E-state index contributed by atoms with van der Waals surface area (Å²) >= 11 is 0. The molecule has 2 aliphatic heterocycles. The summed E-state index contributed by atoms with van der Waals surface area (Å²) in [6.45, 7) is 3.87. The van der Waals surface area contributed by atoms with Gasteiger partial charge in [0.15, 0.2) is 5.65 Å². The van der Waals surface area contributed by atoms with Crippen molar-refractivity contribution < 1.29 is 4.74 Å². The number of imidazole rings is 1. The van der Waals surface area contributed by atoms with Crippen molar-refractivity contribution in [3.05, 3.63) is 48.9 Å². The van der Waals surface area contributed by atoms with E-state index in [1.165, 1.54) is 24.8 Å². The highest BCUT2D eigenvalue weighted by molar-refractivity contribution is 6.03. The number of nitrogens with zero attached hydrogens (tertiary/aromatic N) is 4. The van der Waals surface area contributed by atoms with Crippen LogP contribution in [-0.4, -0.2) is 45.7 Å². The normalized spacial score (nSPS) is 19.2. The molecule has 5 heterocycles. The number of aromatic nitrogens is 4. The molecule has 0 amide bonds. The van der Waals surface area contributed by atoms with Crippen molar-refractivity contribution >= 4 is 22.6 Å². The van der Waals surface area contributed by atoms with E-state index in [4.69, 9.17) is 9.72 Å². The first-order valence-corrected chi connectivity index (χ1v) is 10.1.